The van der Waals surface area contributed by atoms with Crippen molar-refractivity contribution in [3.8, 4) is 0 Å². The molecule has 9 heteroatoms. The molecule has 0 bridgehead atoms. The smallest absolute Gasteiger partial charge is 0.346 e. The molecule has 34 heavy (non-hydrogen) atoms. The average molecular weight is 469 g/mol. The summed E-state index contributed by atoms with van der Waals surface area (Å²) in [6, 6.07) is 7.19. The number of benzene rings is 1. The molecule has 1 unspecified atom stereocenters. The summed E-state index contributed by atoms with van der Waals surface area (Å²) in [5.74, 6) is 0.124. The van der Waals surface area contributed by atoms with E-state index in [2.05, 4.69) is 26.7 Å². The highest BCUT2D eigenvalue weighted by Crippen LogP contribution is 2.23. The molecule has 1 atom stereocenters. The van der Waals surface area contributed by atoms with Crippen LogP contribution < -0.4 is 21.2 Å². The number of amides is 2. The van der Waals surface area contributed by atoms with Crippen molar-refractivity contribution in [3.63, 3.8) is 0 Å². The lowest BCUT2D eigenvalue weighted by Gasteiger charge is -2.20. The Morgan fingerprint density at radius 1 is 1.09 bits per heavy atom. The molecule has 4 rings (SSSR count). The highest BCUT2D eigenvalue weighted by Gasteiger charge is 2.23. The monoisotopic (exact) mass is 468 g/mol. The van der Waals surface area contributed by atoms with Gasteiger partial charge in [-0.2, -0.15) is 5.10 Å². The van der Waals surface area contributed by atoms with Crippen LogP contribution in [0.3, 0.4) is 0 Å². The van der Waals surface area contributed by atoms with Crippen molar-refractivity contribution in [1.29, 1.82) is 0 Å². The van der Waals surface area contributed by atoms with Gasteiger partial charge in [0.2, 0.25) is 11.8 Å². The van der Waals surface area contributed by atoms with Gasteiger partial charge >= 0.3 is 5.69 Å². The number of nitrogens with zero attached hydrogens (tertiary/aromatic N) is 4. The number of carbonyl (C=O) groups is 2. The number of rotatable bonds is 9. The van der Waals surface area contributed by atoms with Gasteiger partial charge in [-0.15, -0.1) is 0 Å². The molecular weight excluding hydrogens is 432 g/mol. The van der Waals surface area contributed by atoms with Gasteiger partial charge in [-0.25, -0.2) is 9.48 Å². The first kappa shape index (κ1) is 24.0. The molecule has 2 N–H and O–H groups in total. The summed E-state index contributed by atoms with van der Waals surface area (Å²) in [6.07, 6.45) is 8.41. The Morgan fingerprint density at radius 3 is 2.68 bits per heavy atom. The molecule has 9 nitrogen and oxygen atoms in total. The molecule has 0 aliphatic carbocycles. The van der Waals surface area contributed by atoms with Gasteiger partial charge in [0.25, 0.3) is 0 Å². The maximum absolute atomic E-state index is 13.1. The molecule has 2 amide bonds. The Labute approximate surface area is 200 Å². The third-order valence-electron chi connectivity index (χ3n) is 6.66. The minimum absolute atomic E-state index is 0.181. The third-order valence-corrected chi connectivity index (χ3v) is 6.66. The van der Waals surface area contributed by atoms with E-state index in [4.69, 9.17) is 0 Å². The number of carbonyl (C=O) groups excluding carboxylic acids is 2. The molecule has 3 heterocycles. The van der Waals surface area contributed by atoms with Crippen molar-refractivity contribution in [2.45, 2.75) is 83.8 Å². The number of fused-ring (bicyclic) bond motifs is 1. The van der Waals surface area contributed by atoms with Gasteiger partial charge in [-0.1, -0.05) is 32.3 Å². The summed E-state index contributed by atoms with van der Waals surface area (Å²) in [4.78, 5) is 40.9. The second-order valence-corrected chi connectivity index (χ2v) is 9.31. The van der Waals surface area contributed by atoms with Gasteiger partial charge in [0, 0.05) is 37.4 Å². The first-order chi connectivity index (χ1) is 16.5. The van der Waals surface area contributed by atoms with Crippen LogP contribution in [0.2, 0.25) is 0 Å². The minimum atomic E-state index is -0.668. The average Bonchev–Trinajstić information content (AvgIpc) is 3.39. The summed E-state index contributed by atoms with van der Waals surface area (Å²) in [5, 5.41) is 10.2. The van der Waals surface area contributed by atoms with Crippen LogP contribution >= 0.6 is 0 Å². The van der Waals surface area contributed by atoms with E-state index in [-0.39, 0.29) is 24.0 Å². The fraction of sp³-hybridized carbons (Fsp3) is 0.600. The van der Waals surface area contributed by atoms with Gasteiger partial charge in [-0.05, 0) is 50.3 Å². The Morgan fingerprint density at radius 2 is 1.88 bits per heavy atom. The Bertz CT molecular complexity index is 1050. The molecule has 1 fully saturated rings. The van der Waals surface area contributed by atoms with Crippen molar-refractivity contribution in [3.05, 3.63) is 40.6 Å². The van der Waals surface area contributed by atoms with Crippen LogP contribution in [0.1, 0.15) is 64.1 Å². The number of unbranched alkanes of at least 4 members (excludes halogenated alkanes) is 1. The zero-order valence-electron chi connectivity index (χ0n) is 20.1. The quantitative estimate of drug-likeness (QED) is 0.589. The van der Waals surface area contributed by atoms with Gasteiger partial charge in [0.05, 0.1) is 0 Å². The van der Waals surface area contributed by atoms with Crippen LogP contribution in [0.5, 0.6) is 0 Å². The molecule has 1 aromatic heterocycles. The lowest BCUT2D eigenvalue weighted by Crippen LogP contribution is -2.46. The predicted octanol–water partition coefficient (Wildman–Crippen LogP) is 2.69. The van der Waals surface area contributed by atoms with Crippen molar-refractivity contribution >= 4 is 23.2 Å². The van der Waals surface area contributed by atoms with Crippen LogP contribution in [0.25, 0.3) is 0 Å². The van der Waals surface area contributed by atoms with Crippen LogP contribution in [0.15, 0.2) is 29.1 Å². The van der Waals surface area contributed by atoms with E-state index in [1.165, 1.54) is 17.5 Å². The van der Waals surface area contributed by atoms with Gasteiger partial charge in [0.15, 0.2) is 0 Å². The Hall–Kier alpha value is -3.10. The number of aromatic nitrogens is 3. The first-order valence-electron chi connectivity index (χ1n) is 12.7. The van der Waals surface area contributed by atoms with E-state index < -0.39 is 6.04 Å². The van der Waals surface area contributed by atoms with Crippen LogP contribution in [0, 0.1) is 0 Å². The largest absolute Gasteiger partial charge is 0.371 e. The van der Waals surface area contributed by atoms with Crippen LogP contribution in [-0.2, 0) is 29.1 Å². The second kappa shape index (κ2) is 11.4. The van der Waals surface area contributed by atoms with Crippen molar-refractivity contribution < 1.29 is 9.59 Å². The number of anilines is 2. The maximum atomic E-state index is 13.1. The van der Waals surface area contributed by atoms with Gasteiger partial charge < -0.3 is 15.5 Å². The van der Waals surface area contributed by atoms with Crippen LogP contribution in [0.4, 0.5) is 11.4 Å². The Kier molecular flexibility index (Phi) is 8.03. The Balaban J connectivity index is 1.40. The molecule has 1 saturated heterocycles. The summed E-state index contributed by atoms with van der Waals surface area (Å²) < 4.78 is 2.90. The van der Waals surface area contributed by atoms with Crippen molar-refractivity contribution in [2.24, 2.45) is 0 Å². The summed E-state index contributed by atoms with van der Waals surface area (Å²) in [7, 11) is 0. The number of hydrogen-bond donors (Lipinski definition) is 2. The normalized spacial score (nSPS) is 16.6. The molecule has 1 aromatic carbocycles. The molecule has 0 radical (unpaired) electrons. The summed E-state index contributed by atoms with van der Waals surface area (Å²) >= 11 is 0. The first-order valence-corrected chi connectivity index (χ1v) is 12.7. The number of hydrogen-bond acceptors (Lipinski definition) is 5. The molecule has 2 aliphatic heterocycles. The molecule has 0 spiro atoms. The van der Waals surface area contributed by atoms with E-state index in [1.54, 1.807) is 4.57 Å². The zero-order chi connectivity index (χ0) is 23.9. The van der Waals surface area contributed by atoms with Crippen molar-refractivity contribution in [2.75, 3.05) is 23.3 Å². The third kappa shape index (κ3) is 5.87. The highest BCUT2D eigenvalue weighted by atomic mass is 16.2. The van der Waals surface area contributed by atoms with Gasteiger partial charge in [0.1, 0.15) is 18.4 Å². The molecule has 2 aliphatic rings. The number of nitrogens with one attached hydrogen (secondary N) is 2. The summed E-state index contributed by atoms with van der Waals surface area (Å²) in [5.41, 5.74) is 1.57. The van der Waals surface area contributed by atoms with E-state index in [0.29, 0.717) is 13.0 Å². The van der Waals surface area contributed by atoms with Crippen LogP contribution in [-0.4, -0.2) is 45.3 Å². The topological polar surface area (TPSA) is 101 Å². The second-order valence-electron chi connectivity index (χ2n) is 9.31. The zero-order valence-corrected chi connectivity index (χ0v) is 20.1. The van der Waals surface area contributed by atoms with E-state index in [9.17, 15) is 14.4 Å². The fourth-order valence-electron chi connectivity index (χ4n) is 4.77. The molecule has 184 valence electrons. The standard InChI is InChI=1S/C25H36N6O3/c1-2-3-12-21(24(33)26-19-10-9-11-20(17-19)29-14-7-8-15-29)27-23(32)18-31-25(34)30-16-6-4-5-13-22(30)28-31/h9-11,17,21H,2-8,12-16,18H2,1H3,(H,26,33)(H,27,32). The molecule has 0 saturated carbocycles. The fourth-order valence-corrected chi connectivity index (χ4v) is 4.77. The van der Waals surface area contributed by atoms with E-state index in [1.807, 2.05) is 25.1 Å². The number of aryl methyl sites for hydroxylation is 1. The van der Waals surface area contributed by atoms with E-state index >= 15 is 0 Å². The van der Waals surface area contributed by atoms with E-state index in [0.717, 1.165) is 68.8 Å². The lowest BCUT2D eigenvalue weighted by molar-refractivity contribution is -0.127. The minimum Gasteiger partial charge on any atom is -0.371 e. The SMILES string of the molecule is CCCCC(NC(=O)Cn1nc2n(c1=O)CCCCC2)C(=O)Nc1cccc(N2CCCC2)c1. The maximum Gasteiger partial charge on any atom is 0.346 e. The highest BCUT2D eigenvalue weighted by molar-refractivity contribution is 5.97. The predicted molar refractivity (Wildman–Crippen MR) is 132 cm³/mol. The molecule has 2 aromatic rings. The lowest BCUT2D eigenvalue weighted by atomic mass is 10.1. The summed E-state index contributed by atoms with van der Waals surface area (Å²) in [6.45, 7) is 4.58. The van der Waals surface area contributed by atoms with Gasteiger partial charge in [-0.3, -0.25) is 14.2 Å². The van der Waals surface area contributed by atoms with Crippen molar-refractivity contribution in [1.82, 2.24) is 19.7 Å². The molecular formula is C25H36N6O3.